The molecule has 1 saturated carbocycles. The maximum Gasteiger partial charge on any atom is 0.248 e. The zero-order chi connectivity index (χ0) is 20.1. The molecule has 2 atom stereocenters. The third kappa shape index (κ3) is 4.64. The van der Waals surface area contributed by atoms with Crippen molar-refractivity contribution in [2.45, 2.75) is 51.5 Å². The van der Waals surface area contributed by atoms with Crippen LogP contribution in [-0.2, 0) is 14.4 Å². The van der Waals surface area contributed by atoms with E-state index in [0.717, 1.165) is 25.7 Å². The number of hydroxylamine groups is 2. The standard InChI is InChI=1S/C19H27N5O4/c1-2-3-4-14(10-23(28)13-25)18(27)24-11-19(6-7-19)9-15(24)17(26)22-16-5-8-20-12-21-16/h5,8,12-15,28H,2-4,6-7,9-11H2,1H3,(H,20,21,22,26). The lowest BCUT2D eigenvalue weighted by atomic mass is 9.99. The van der Waals surface area contributed by atoms with E-state index in [1.54, 1.807) is 17.2 Å². The van der Waals surface area contributed by atoms with Crippen LogP contribution in [0, 0.1) is 11.3 Å². The van der Waals surface area contributed by atoms with Crippen LogP contribution in [0.15, 0.2) is 18.6 Å². The molecular formula is C19H27N5O4. The van der Waals surface area contributed by atoms with E-state index in [2.05, 4.69) is 15.3 Å². The number of carbonyl (C=O) groups is 3. The van der Waals surface area contributed by atoms with Crippen molar-refractivity contribution in [2.24, 2.45) is 11.3 Å². The number of carbonyl (C=O) groups excluding carboxylic acids is 3. The quantitative estimate of drug-likeness (QED) is 0.375. The Labute approximate surface area is 164 Å². The predicted molar refractivity (Wildman–Crippen MR) is 100 cm³/mol. The largest absolute Gasteiger partial charge is 0.330 e. The van der Waals surface area contributed by atoms with Gasteiger partial charge in [0.05, 0.1) is 12.5 Å². The zero-order valence-corrected chi connectivity index (χ0v) is 16.1. The minimum absolute atomic E-state index is 0.0300. The summed E-state index contributed by atoms with van der Waals surface area (Å²) in [4.78, 5) is 46.4. The molecule has 1 aromatic rings. The minimum atomic E-state index is -0.572. The number of hydrogen-bond donors (Lipinski definition) is 2. The van der Waals surface area contributed by atoms with Gasteiger partial charge in [-0.05, 0) is 37.2 Å². The first-order valence-corrected chi connectivity index (χ1v) is 9.76. The second-order valence-electron chi connectivity index (χ2n) is 7.84. The van der Waals surface area contributed by atoms with Gasteiger partial charge in [0.25, 0.3) is 0 Å². The third-order valence-corrected chi connectivity index (χ3v) is 5.67. The normalized spacial score (nSPS) is 20.6. The SMILES string of the molecule is CCCCC(CN(O)C=O)C(=O)N1CC2(CC2)CC1C(=O)Nc1ccncn1. The highest BCUT2D eigenvalue weighted by Crippen LogP contribution is 2.55. The van der Waals surface area contributed by atoms with Gasteiger partial charge in [0, 0.05) is 12.7 Å². The molecule has 1 aliphatic heterocycles. The topological polar surface area (TPSA) is 116 Å². The summed E-state index contributed by atoms with van der Waals surface area (Å²) in [7, 11) is 0. The first-order chi connectivity index (χ1) is 13.5. The summed E-state index contributed by atoms with van der Waals surface area (Å²) in [5, 5.41) is 12.9. The van der Waals surface area contributed by atoms with E-state index >= 15 is 0 Å². The van der Waals surface area contributed by atoms with Gasteiger partial charge >= 0.3 is 0 Å². The van der Waals surface area contributed by atoms with Crippen LogP contribution in [0.3, 0.4) is 0 Å². The van der Waals surface area contributed by atoms with Crippen molar-refractivity contribution in [3.63, 3.8) is 0 Å². The van der Waals surface area contributed by atoms with Crippen LogP contribution in [0.4, 0.5) is 5.82 Å². The van der Waals surface area contributed by atoms with E-state index in [1.807, 2.05) is 6.92 Å². The summed E-state index contributed by atoms with van der Waals surface area (Å²) in [5.41, 5.74) is 0.0300. The van der Waals surface area contributed by atoms with Gasteiger partial charge < -0.3 is 10.2 Å². The van der Waals surface area contributed by atoms with Gasteiger partial charge in [0.2, 0.25) is 18.2 Å². The molecule has 9 heteroatoms. The van der Waals surface area contributed by atoms with E-state index in [0.29, 0.717) is 36.7 Å². The van der Waals surface area contributed by atoms with Crippen molar-refractivity contribution in [1.82, 2.24) is 19.9 Å². The highest BCUT2D eigenvalue weighted by atomic mass is 16.5. The maximum atomic E-state index is 13.3. The van der Waals surface area contributed by atoms with Crippen molar-refractivity contribution in [3.8, 4) is 0 Å². The molecule has 0 aromatic carbocycles. The van der Waals surface area contributed by atoms with E-state index < -0.39 is 12.0 Å². The van der Waals surface area contributed by atoms with Gasteiger partial charge in [0.15, 0.2) is 0 Å². The molecule has 0 bridgehead atoms. The van der Waals surface area contributed by atoms with Gasteiger partial charge in [-0.2, -0.15) is 0 Å². The number of nitrogens with zero attached hydrogens (tertiary/aromatic N) is 4. The smallest absolute Gasteiger partial charge is 0.248 e. The Morgan fingerprint density at radius 1 is 1.50 bits per heavy atom. The van der Waals surface area contributed by atoms with E-state index in [1.165, 1.54) is 6.33 Å². The van der Waals surface area contributed by atoms with Crippen LogP contribution in [-0.4, -0.2) is 62.5 Å². The summed E-state index contributed by atoms with van der Waals surface area (Å²) >= 11 is 0. The molecule has 0 radical (unpaired) electrons. The maximum absolute atomic E-state index is 13.3. The average Bonchev–Trinajstić information content (AvgIpc) is 3.35. The Balaban J connectivity index is 1.74. The molecule has 1 aliphatic carbocycles. The highest BCUT2D eigenvalue weighted by molar-refractivity contribution is 5.97. The Kier molecular flexibility index (Phi) is 6.23. The summed E-state index contributed by atoms with van der Waals surface area (Å²) in [6, 6.07) is 1.03. The Hall–Kier alpha value is -2.55. The number of nitrogens with one attached hydrogen (secondary N) is 1. The first-order valence-electron chi connectivity index (χ1n) is 9.76. The molecular weight excluding hydrogens is 362 g/mol. The minimum Gasteiger partial charge on any atom is -0.330 e. The number of amides is 3. The summed E-state index contributed by atoms with van der Waals surface area (Å²) < 4.78 is 0. The lowest BCUT2D eigenvalue weighted by Crippen LogP contribution is -2.47. The summed E-state index contributed by atoms with van der Waals surface area (Å²) in [6.45, 7) is 2.50. The predicted octanol–water partition coefficient (Wildman–Crippen LogP) is 1.45. The van der Waals surface area contributed by atoms with Crippen LogP contribution in [0.5, 0.6) is 0 Å². The number of aromatic nitrogens is 2. The van der Waals surface area contributed by atoms with Gasteiger partial charge in [-0.1, -0.05) is 19.8 Å². The fraction of sp³-hybridized carbons (Fsp3) is 0.632. The molecule has 28 heavy (non-hydrogen) atoms. The monoisotopic (exact) mass is 389 g/mol. The molecule has 1 saturated heterocycles. The van der Waals surface area contributed by atoms with Crippen molar-refractivity contribution in [1.29, 1.82) is 0 Å². The summed E-state index contributed by atoms with van der Waals surface area (Å²) in [5.74, 6) is -0.574. The van der Waals surface area contributed by atoms with Crippen molar-refractivity contribution in [2.75, 3.05) is 18.4 Å². The second kappa shape index (κ2) is 8.64. The molecule has 2 fully saturated rings. The van der Waals surface area contributed by atoms with E-state index in [-0.39, 0.29) is 23.8 Å². The fourth-order valence-electron chi connectivity index (χ4n) is 3.88. The molecule has 3 amide bonds. The van der Waals surface area contributed by atoms with Crippen LogP contribution in [0.1, 0.15) is 45.4 Å². The van der Waals surface area contributed by atoms with E-state index in [4.69, 9.17) is 0 Å². The van der Waals surface area contributed by atoms with Gasteiger partial charge in [-0.25, -0.2) is 15.0 Å². The van der Waals surface area contributed by atoms with E-state index in [9.17, 15) is 19.6 Å². The number of likely N-dealkylation sites (tertiary alicyclic amines) is 1. The van der Waals surface area contributed by atoms with Gasteiger partial charge in [0.1, 0.15) is 18.2 Å². The van der Waals surface area contributed by atoms with Crippen molar-refractivity contribution >= 4 is 24.0 Å². The molecule has 2 N–H and O–H groups in total. The fourth-order valence-corrected chi connectivity index (χ4v) is 3.88. The number of rotatable bonds is 9. The third-order valence-electron chi connectivity index (χ3n) is 5.67. The molecule has 2 aliphatic rings. The van der Waals surface area contributed by atoms with Crippen LogP contribution >= 0.6 is 0 Å². The van der Waals surface area contributed by atoms with Crippen LogP contribution < -0.4 is 5.32 Å². The molecule has 3 rings (SSSR count). The van der Waals surface area contributed by atoms with Crippen LogP contribution in [0.25, 0.3) is 0 Å². The highest BCUT2D eigenvalue weighted by Gasteiger charge is 2.55. The van der Waals surface area contributed by atoms with Crippen molar-refractivity contribution in [3.05, 3.63) is 18.6 Å². The first kappa shape index (κ1) is 20.2. The lowest BCUT2D eigenvalue weighted by Gasteiger charge is -2.29. The number of unbranched alkanes of at least 4 members (excludes halogenated alkanes) is 1. The molecule has 1 aromatic heterocycles. The molecule has 152 valence electrons. The Morgan fingerprint density at radius 3 is 2.89 bits per heavy atom. The Bertz CT molecular complexity index is 710. The average molecular weight is 389 g/mol. The zero-order valence-electron chi connectivity index (χ0n) is 16.1. The molecule has 2 heterocycles. The van der Waals surface area contributed by atoms with Gasteiger partial charge in [-0.3, -0.25) is 19.6 Å². The Morgan fingerprint density at radius 2 is 2.29 bits per heavy atom. The molecule has 9 nitrogen and oxygen atoms in total. The molecule has 1 spiro atoms. The lowest BCUT2D eigenvalue weighted by molar-refractivity contribution is -0.157. The van der Waals surface area contributed by atoms with Gasteiger partial charge in [-0.15, -0.1) is 0 Å². The van der Waals surface area contributed by atoms with Crippen molar-refractivity contribution < 1.29 is 19.6 Å². The van der Waals surface area contributed by atoms with Crippen LogP contribution in [0.2, 0.25) is 0 Å². The molecule has 2 unspecified atom stereocenters. The number of anilines is 1. The number of hydrogen-bond acceptors (Lipinski definition) is 6. The second-order valence-corrected chi connectivity index (χ2v) is 7.84. The summed E-state index contributed by atoms with van der Waals surface area (Å²) in [6.07, 6.45) is 8.11.